The van der Waals surface area contributed by atoms with Gasteiger partial charge in [0.2, 0.25) is 0 Å². The molecule has 2 aromatic carbocycles. The number of anilines is 2. The molecule has 2 aromatic rings. The molecule has 0 aliphatic carbocycles. The average molecular weight is 661 g/mol. The molecule has 0 radical (unpaired) electrons. The fraction of sp³-hybridized carbons (Fsp3) is 0.700. The van der Waals surface area contributed by atoms with E-state index in [-0.39, 0.29) is 6.10 Å². The first kappa shape index (κ1) is 35.6. The van der Waals surface area contributed by atoms with Crippen molar-refractivity contribution in [1.29, 1.82) is 0 Å². The highest BCUT2D eigenvalue weighted by atomic mass is 16.5. The SMILES string of the molecule is Cc1cc(C2CCC(CNc3ccccc3)N2)cc(C)c1NCC1CCC(CC(C)OCC2CCC(C(C)COCC3CCCN3)N2)N1. The maximum atomic E-state index is 6.39. The van der Waals surface area contributed by atoms with Gasteiger partial charge in [-0.1, -0.05) is 37.3 Å². The fourth-order valence-electron chi connectivity index (χ4n) is 8.58. The Morgan fingerprint density at radius 2 is 1.48 bits per heavy atom. The second kappa shape index (κ2) is 17.6. The fourth-order valence-corrected chi connectivity index (χ4v) is 8.58. The Bertz CT molecular complexity index is 1230. The Morgan fingerprint density at radius 3 is 2.27 bits per heavy atom. The molecule has 0 saturated carbocycles. The number of hydrogen-bond acceptors (Lipinski definition) is 8. The van der Waals surface area contributed by atoms with E-state index in [1.54, 1.807) is 0 Å². The molecule has 4 fully saturated rings. The van der Waals surface area contributed by atoms with E-state index in [2.05, 4.69) is 102 Å². The molecule has 0 aromatic heterocycles. The van der Waals surface area contributed by atoms with Crippen LogP contribution in [0, 0.1) is 19.8 Å². The van der Waals surface area contributed by atoms with Crippen LogP contribution in [0.1, 0.15) is 94.4 Å². The molecule has 0 spiro atoms. The average Bonchev–Trinajstić information content (AvgIpc) is 3.92. The van der Waals surface area contributed by atoms with Crippen LogP contribution in [0.15, 0.2) is 42.5 Å². The number of rotatable bonds is 17. The van der Waals surface area contributed by atoms with E-state index in [1.807, 2.05) is 0 Å². The first-order valence-electron chi connectivity index (χ1n) is 19.2. The zero-order valence-corrected chi connectivity index (χ0v) is 30.2. The Morgan fingerprint density at radius 1 is 0.750 bits per heavy atom. The number of aryl methyl sites for hydroxylation is 2. The summed E-state index contributed by atoms with van der Waals surface area (Å²) in [4.78, 5) is 0. The third-order valence-electron chi connectivity index (χ3n) is 11.4. The smallest absolute Gasteiger partial charge is 0.0623 e. The molecule has 0 bridgehead atoms. The molecule has 4 saturated heterocycles. The van der Waals surface area contributed by atoms with Crippen LogP contribution < -0.4 is 31.9 Å². The van der Waals surface area contributed by atoms with E-state index < -0.39 is 0 Å². The minimum absolute atomic E-state index is 0.268. The molecule has 4 heterocycles. The molecule has 6 rings (SSSR count). The minimum Gasteiger partial charge on any atom is -0.383 e. The van der Waals surface area contributed by atoms with E-state index in [0.717, 1.165) is 45.9 Å². The normalized spacial score (nSPS) is 30.1. The first-order chi connectivity index (χ1) is 23.4. The topological polar surface area (TPSA) is 90.6 Å². The van der Waals surface area contributed by atoms with Crippen LogP contribution in [0.2, 0.25) is 0 Å². The lowest BCUT2D eigenvalue weighted by molar-refractivity contribution is 0.0394. The van der Waals surface area contributed by atoms with Crippen molar-refractivity contribution in [3.8, 4) is 0 Å². The second-order valence-corrected chi connectivity index (χ2v) is 15.5. The van der Waals surface area contributed by atoms with Crippen LogP contribution in [0.5, 0.6) is 0 Å². The zero-order chi connectivity index (χ0) is 33.3. The van der Waals surface area contributed by atoms with Crippen molar-refractivity contribution in [2.24, 2.45) is 5.92 Å². The highest BCUT2D eigenvalue weighted by Crippen LogP contribution is 2.32. The summed E-state index contributed by atoms with van der Waals surface area (Å²) >= 11 is 0. The van der Waals surface area contributed by atoms with Gasteiger partial charge in [0.05, 0.1) is 25.9 Å². The quantitative estimate of drug-likeness (QED) is 0.122. The number of ether oxygens (including phenoxy) is 2. The van der Waals surface area contributed by atoms with Crippen LogP contribution in [-0.2, 0) is 9.47 Å². The van der Waals surface area contributed by atoms with Gasteiger partial charge in [0.1, 0.15) is 0 Å². The molecule has 4 aliphatic rings. The van der Waals surface area contributed by atoms with Gasteiger partial charge in [-0.3, -0.25) is 0 Å². The highest BCUT2D eigenvalue weighted by Gasteiger charge is 2.30. The van der Waals surface area contributed by atoms with E-state index in [0.29, 0.717) is 48.2 Å². The van der Waals surface area contributed by atoms with E-state index in [9.17, 15) is 0 Å². The molecule has 8 nitrogen and oxygen atoms in total. The predicted octanol–water partition coefficient (Wildman–Crippen LogP) is 6.06. The summed E-state index contributed by atoms with van der Waals surface area (Å²) in [6, 6.07) is 18.8. The monoisotopic (exact) mass is 661 g/mol. The van der Waals surface area contributed by atoms with Crippen molar-refractivity contribution >= 4 is 11.4 Å². The summed E-state index contributed by atoms with van der Waals surface area (Å²) in [6.07, 6.45) is 11.1. The van der Waals surface area contributed by atoms with Crippen molar-refractivity contribution in [2.75, 3.05) is 50.1 Å². The van der Waals surface area contributed by atoms with Crippen LogP contribution in [0.25, 0.3) is 0 Å². The van der Waals surface area contributed by atoms with Crippen molar-refractivity contribution in [1.82, 2.24) is 21.3 Å². The van der Waals surface area contributed by atoms with Crippen molar-refractivity contribution < 1.29 is 9.47 Å². The van der Waals surface area contributed by atoms with Crippen LogP contribution in [0.3, 0.4) is 0 Å². The van der Waals surface area contributed by atoms with Gasteiger partial charge < -0.3 is 41.4 Å². The molecule has 6 N–H and O–H groups in total. The third-order valence-corrected chi connectivity index (χ3v) is 11.4. The largest absolute Gasteiger partial charge is 0.383 e. The molecule has 8 heteroatoms. The molecule has 9 unspecified atom stereocenters. The first-order valence-corrected chi connectivity index (χ1v) is 19.2. The highest BCUT2D eigenvalue weighted by molar-refractivity contribution is 5.59. The maximum absolute atomic E-state index is 6.39. The van der Waals surface area contributed by atoms with E-state index >= 15 is 0 Å². The lowest BCUT2D eigenvalue weighted by atomic mass is 9.98. The van der Waals surface area contributed by atoms with Crippen molar-refractivity contribution in [3.05, 3.63) is 59.2 Å². The van der Waals surface area contributed by atoms with Crippen LogP contribution >= 0.6 is 0 Å². The van der Waals surface area contributed by atoms with Gasteiger partial charge in [-0.15, -0.1) is 0 Å². The second-order valence-electron chi connectivity index (χ2n) is 15.5. The summed E-state index contributed by atoms with van der Waals surface area (Å²) in [6.45, 7) is 14.7. The minimum atomic E-state index is 0.268. The Balaban J connectivity index is 0.858. The summed E-state index contributed by atoms with van der Waals surface area (Å²) < 4.78 is 12.4. The molecule has 9 atom stereocenters. The van der Waals surface area contributed by atoms with E-state index in [4.69, 9.17) is 9.47 Å². The molecular formula is C40H64N6O2. The third kappa shape index (κ3) is 10.2. The summed E-state index contributed by atoms with van der Waals surface area (Å²) in [5.41, 5.74) is 6.61. The van der Waals surface area contributed by atoms with Crippen molar-refractivity contribution in [2.45, 2.75) is 134 Å². The standard InChI is InChI=1S/C40H64N6O2/c1-27-19-31(39-17-14-35(45-39)22-42-32-9-6-5-7-10-32)20-28(2)40(27)43-23-34-13-12-33(44-34)21-30(4)48-26-37-15-16-38(46-37)29(3)24-47-25-36-11-8-18-41-36/h5-7,9-10,19-20,29-30,33-39,41-46H,8,11-18,21-26H2,1-4H3. The van der Waals surface area contributed by atoms with Gasteiger partial charge in [-0.05, 0) is 120 Å². The number of nitrogens with one attached hydrogen (secondary N) is 6. The van der Waals surface area contributed by atoms with Gasteiger partial charge in [-0.25, -0.2) is 0 Å². The van der Waals surface area contributed by atoms with Gasteiger partial charge in [0.15, 0.2) is 0 Å². The summed E-state index contributed by atoms with van der Waals surface area (Å²) in [7, 11) is 0. The summed E-state index contributed by atoms with van der Waals surface area (Å²) in [5, 5.41) is 22.6. The molecule has 0 amide bonds. The maximum Gasteiger partial charge on any atom is 0.0623 e. The van der Waals surface area contributed by atoms with Crippen LogP contribution in [0.4, 0.5) is 11.4 Å². The van der Waals surface area contributed by atoms with Crippen molar-refractivity contribution in [3.63, 3.8) is 0 Å². The molecular weight excluding hydrogens is 596 g/mol. The van der Waals surface area contributed by atoms with Gasteiger partial charge in [0.25, 0.3) is 0 Å². The molecule has 4 aliphatic heterocycles. The predicted molar refractivity (Wildman–Crippen MR) is 199 cm³/mol. The Hall–Kier alpha value is -2.20. The molecule has 48 heavy (non-hydrogen) atoms. The lowest BCUT2D eigenvalue weighted by Crippen LogP contribution is -2.39. The zero-order valence-electron chi connectivity index (χ0n) is 30.2. The van der Waals surface area contributed by atoms with E-state index in [1.165, 1.54) is 79.4 Å². The summed E-state index contributed by atoms with van der Waals surface area (Å²) in [5.74, 6) is 0.540. The lowest BCUT2D eigenvalue weighted by Gasteiger charge is -2.24. The molecule has 266 valence electrons. The van der Waals surface area contributed by atoms with Crippen LogP contribution in [-0.4, -0.2) is 81.8 Å². The number of hydrogen-bond donors (Lipinski definition) is 6. The number of para-hydroxylation sites is 1. The Kier molecular flexibility index (Phi) is 13.1. The Labute approximate surface area is 290 Å². The number of benzene rings is 2. The van der Waals surface area contributed by atoms with Gasteiger partial charge in [-0.2, -0.15) is 0 Å². The van der Waals surface area contributed by atoms with Gasteiger partial charge in [0, 0.05) is 66.8 Å². The van der Waals surface area contributed by atoms with Gasteiger partial charge >= 0.3 is 0 Å².